The highest BCUT2D eigenvalue weighted by Gasteiger charge is 2.30. The van der Waals surface area contributed by atoms with Crippen LogP contribution in [0, 0.1) is 0 Å². The van der Waals surface area contributed by atoms with Gasteiger partial charge < -0.3 is 5.11 Å². The SMILES string of the molecule is CCCN(CCC)C1CCc2c(O)cccc2[C@@H]1C. The van der Waals surface area contributed by atoms with E-state index < -0.39 is 0 Å². The highest BCUT2D eigenvalue weighted by molar-refractivity contribution is 5.43. The van der Waals surface area contributed by atoms with Crippen LogP contribution in [0.3, 0.4) is 0 Å². The van der Waals surface area contributed by atoms with Crippen LogP contribution in [0.5, 0.6) is 5.75 Å². The first-order valence-corrected chi connectivity index (χ1v) is 7.73. The Balaban J connectivity index is 2.22. The van der Waals surface area contributed by atoms with Crippen molar-refractivity contribution in [2.24, 2.45) is 0 Å². The summed E-state index contributed by atoms with van der Waals surface area (Å²) in [6.45, 7) is 9.22. The molecular formula is C17H27NO. The monoisotopic (exact) mass is 261 g/mol. The molecule has 0 radical (unpaired) electrons. The van der Waals surface area contributed by atoms with Crippen LogP contribution in [-0.2, 0) is 6.42 Å². The van der Waals surface area contributed by atoms with Crippen molar-refractivity contribution in [3.8, 4) is 5.75 Å². The van der Waals surface area contributed by atoms with Crippen molar-refractivity contribution in [1.82, 2.24) is 4.90 Å². The van der Waals surface area contributed by atoms with E-state index in [1.165, 1.54) is 43.5 Å². The van der Waals surface area contributed by atoms with E-state index >= 15 is 0 Å². The van der Waals surface area contributed by atoms with E-state index in [9.17, 15) is 5.11 Å². The molecule has 1 aliphatic carbocycles. The molecule has 2 nitrogen and oxygen atoms in total. The summed E-state index contributed by atoms with van der Waals surface area (Å²) in [6.07, 6.45) is 4.62. The van der Waals surface area contributed by atoms with Crippen molar-refractivity contribution >= 4 is 0 Å². The summed E-state index contributed by atoms with van der Waals surface area (Å²) >= 11 is 0. The van der Waals surface area contributed by atoms with E-state index in [0.717, 1.165) is 6.42 Å². The molecule has 0 fully saturated rings. The number of fused-ring (bicyclic) bond motifs is 1. The number of hydrogen-bond acceptors (Lipinski definition) is 2. The van der Waals surface area contributed by atoms with Crippen LogP contribution in [0.15, 0.2) is 18.2 Å². The molecule has 2 rings (SSSR count). The first-order valence-electron chi connectivity index (χ1n) is 7.73. The predicted molar refractivity (Wildman–Crippen MR) is 80.8 cm³/mol. The van der Waals surface area contributed by atoms with Gasteiger partial charge in [-0.3, -0.25) is 4.90 Å². The van der Waals surface area contributed by atoms with E-state index in [1.54, 1.807) is 0 Å². The summed E-state index contributed by atoms with van der Waals surface area (Å²) in [6, 6.07) is 6.63. The Morgan fingerprint density at radius 2 is 1.89 bits per heavy atom. The van der Waals surface area contributed by atoms with Gasteiger partial charge in [0, 0.05) is 6.04 Å². The van der Waals surface area contributed by atoms with Crippen molar-refractivity contribution < 1.29 is 5.11 Å². The van der Waals surface area contributed by atoms with Gasteiger partial charge in [0.2, 0.25) is 0 Å². The van der Waals surface area contributed by atoms with E-state index in [1.807, 2.05) is 12.1 Å². The molecule has 0 aliphatic heterocycles. The lowest BCUT2D eigenvalue weighted by Crippen LogP contribution is -2.42. The summed E-state index contributed by atoms with van der Waals surface area (Å²) in [5, 5.41) is 9.99. The first-order chi connectivity index (χ1) is 9.19. The molecule has 0 heterocycles. The van der Waals surface area contributed by atoms with Crippen LogP contribution in [0.2, 0.25) is 0 Å². The maximum atomic E-state index is 9.99. The third-order valence-electron chi connectivity index (χ3n) is 4.44. The Labute approximate surface area is 117 Å². The summed E-state index contributed by atoms with van der Waals surface area (Å²) in [5.41, 5.74) is 2.53. The fourth-order valence-corrected chi connectivity index (χ4v) is 3.56. The summed E-state index contributed by atoms with van der Waals surface area (Å²) in [7, 11) is 0. The minimum absolute atomic E-state index is 0.486. The van der Waals surface area contributed by atoms with Crippen molar-refractivity contribution in [2.75, 3.05) is 13.1 Å². The number of nitrogens with zero attached hydrogens (tertiary/aromatic N) is 1. The molecule has 0 bridgehead atoms. The fraction of sp³-hybridized carbons (Fsp3) is 0.647. The van der Waals surface area contributed by atoms with Gasteiger partial charge in [-0.05, 0) is 61.9 Å². The van der Waals surface area contributed by atoms with Crippen LogP contribution < -0.4 is 0 Å². The number of hydrogen-bond donors (Lipinski definition) is 1. The number of phenols is 1. The van der Waals surface area contributed by atoms with Gasteiger partial charge in [-0.1, -0.05) is 32.9 Å². The molecule has 0 spiro atoms. The normalized spacial score (nSPS) is 22.5. The van der Waals surface area contributed by atoms with Gasteiger partial charge in [-0.25, -0.2) is 0 Å². The van der Waals surface area contributed by atoms with Crippen molar-refractivity contribution in [3.05, 3.63) is 29.3 Å². The molecule has 1 aromatic carbocycles. The standard InChI is InChI=1S/C17H27NO/c1-4-11-18(12-5-2)16-10-9-15-14(13(16)3)7-6-8-17(15)19/h6-8,13,16,19H,4-5,9-12H2,1-3H3/t13-,16?/m0/s1. The lowest BCUT2D eigenvalue weighted by Gasteiger charge is -2.39. The van der Waals surface area contributed by atoms with Gasteiger partial charge in [0.05, 0.1) is 0 Å². The summed E-state index contributed by atoms with van der Waals surface area (Å²) in [4.78, 5) is 2.65. The molecule has 2 atom stereocenters. The second-order valence-electron chi connectivity index (χ2n) is 5.78. The van der Waals surface area contributed by atoms with Crippen LogP contribution in [0.25, 0.3) is 0 Å². The molecule has 0 aromatic heterocycles. The van der Waals surface area contributed by atoms with Crippen LogP contribution in [0.1, 0.15) is 57.1 Å². The highest BCUT2D eigenvalue weighted by Crippen LogP contribution is 2.38. The van der Waals surface area contributed by atoms with Crippen LogP contribution in [-0.4, -0.2) is 29.1 Å². The van der Waals surface area contributed by atoms with E-state index in [-0.39, 0.29) is 0 Å². The Hall–Kier alpha value is -1.02. The number of aromatic hydroxyl groups is 1. The molecule has 19 heavy (non-hydrogen) atoms. The van der Waals surface area contributed by atoms with Crippen molar-refractivity contribution in [2.45, 2.75) is 58.4 Å². The maximum Gasteiger partial charge on any atom is 0.119 e. The predicted octanol–water partition coefficient (Wildman–Crippen LogP) is 3.93. The lowest BCUT2D eigenvalue weighted by molar-refractivity contribution is 0.158. The number of rotatable bonds is 5. The maximum absolute atomic E-state index is 9.99. The van der Waals surface area contributed by atoms with Gasteiger partial charge in [0.15, 0.2) is 0 Å². The fourth-order valence-electron chi connectivity index (χ4n) is 3.56. The Morgan fingerprint density at radius 1 is 1.21 bits per heavy atom. The lowest BCUT2D eigenvalue weighted by atomic mass is 9.79. The topological polar surface area (TPSA) is 23.5 Å². The molecule has 1 aliphatic rings. The molecule has 0 saturated carbocycles. The minimum Gasteiger partial charge on any atom is -0.508 e. The number of benzene rings is 1. The molecule has 2 heteroatoms. The van der Waals surface area contributed by atoms with Gasteiger partial charge >= 0.3 is 0 Å². The number of phenolic OH excluding ortho intramolecular Hbond substituents is 1. The quantitative estimate of drug-likeness (QED) is 0.868. The van der Waals surface area contributed by atoms with Crippen molar-refractivity contribution in [1.29, 1.82) is 0 Å². The first kappa shape index (κ1) is 14.4. The minimum atomic E-state index is 0.486. The van der Waals surface area contributed by atoms with E-state index in [2.05, 4.69) is 31.7 Å². The van der Waals surface area contributed by atoms with E-state index in [0.29, 0.717) is 17.7 Å². The summed E-state index contributed by atoms with van der Waals surface area (Å²) < 4.78 is 0. The zero-order valence-corrected chi connectivity index (χ0v) is 12.5. The molecular weight excluding hydrogens is 234 g/mol. The third kappa shape index (κ3) is 2.94. The Bertz CT molecular complexity index is 410. The molecule has 1 N–H and O–H groups in total. The largest absolute Gasteiger partial charge is 0.508 e. The van der Waals surface area contributed by atoms with Gasteiger partial charge in [0.1, 0.15) is 5.75 Å². The second-order valence-corrected chi connectivity index (χ2v) is 5.78. The second kappa shape index (κ2) is 6.42. The van der Waals surface area contributed by atoms with Crippen LogP contribution in [0.4, 0.5) is 0 Å². The molecule has 0 saturated heterocycles. The summed E-state index contributed by atoms with van der Waals surface area (Å²) in [5.74, 6) is 1.01. The van der Waals surface area contributed by atoms with Gasteiger partial charge in [0.25, 0.3) is 0 Å². The molecule has 0 amide bonds. The third-order valence-corrected chi connectivity index (χ3v) is 4.44. The highest BCUT2D eigenvalue weighted by atomic mass is 16.3. The zero-order valence-electron chi connectivity index (χ0n) is 12.5. The zero-order chi connectivity index (χ0) is 13.8. The van der Waals surface area contributed by atoms with E-state index in [4.69, 9.17) is 0 Å². The molecule has 1 unspecified atom stereocenters. The average Bonchev–Trinajstić information content (AvgIpc) is 2.40. The molecule has 106 valence electrons. The van der Waals surface area contributed by atoms with Crippen LogP contribution >= 0.6 is 0 Å². The van der Waals surface area contributed by atoms with Gasteiger partial charge in [-0.2, -0.15) is 0 Å². The van der Waals surface area contributed by atoms with Crippen molar-refractivity contribution in [3.63, 3.8) is 0 Å². The Morgan fingerprint density at radius 3 is 2.53 bits per heavy atom. The average molecular weight is 261 g/mol. The van der Waals surface area contributed by atoms with Gasteiger partial charge in [-0.15, -0.1) is 0 Å². The Kier molecular flexibility index (Phi) is 4.87. The molecule has 1 aromatic rings. The smallest absolute Gasteiger partial charge is 0.119 e.